The van der Waals surface area contributed by atoms with E-state index in [1.54, 1.807) is 12.2 Å². The van der Waals surface area contributed by atoms with E-state index in [0.717, 1.165) is 22.6 Å². The van der Waals surface area contributed by atoms with Gasteiger partial charge in [-0.3, -0.25) is 9.59 Å². The molecule has 0 bridgehead atoms. The molecular weight excluding hydrogens is 363 g/mol. The van der Waals surface area contributed by atoms with Crippen molar-refractivity contribution in [3.05, 3.63) is 82.8 Å². The lowest BCUT2D eigenvalue weighted by Gasteiger charge is -2.14. The number of nitrogens with zero attached hydrogens (tertiary/aromatic N) is 1. The molecule has 2 amide bonds. The first-order valence-corrected chi connectivity index (χ1v) is 8.35. The van der Waals surface area contributed by atoms with Crippen molar-refractivity contribution in [1.29, 1.82) is 0 Å². The number of carbonyl (C=O) groups excluding carboxylic acids is 2. The lowest BCUT2D eigenvalue weighted by Crippen LogP contribution is -2.28. The second-order valence-corrected chi connectivity index (χ2v) is 6.35. The number of halogens is 3. The smallest absolute Gasteiger partial charge is 0.268 e. The maximum absolute atomic E-state index is 12.8. The van der Waals surface area contributed by atoms with Crippen LogP contribution >= 0.6 is 11.8 Å². The Hall–Kier alpha value is -2.80. The molecule has 3 rings (SSSR count). The fourth-order valence-corrected chi connectivity index (χ4v) is 3.13. The van der Waals surface area contributed by atoms with E-state index >= 15 is 0 Å². The number of allylic oxidation sites excluding steroid dienone is 2. The van der Waals surface area contributed by atoms with Gasteiger partial charge in [0.1, 0.15) is 0 Å². The monoisotopic (exact) mass is 375 g/mol. The molecule has 7 heteroatoms. The number of carbonyl (C=O) groups is 2. The minimum Gasteiger partial charge on any atom is -0.268 e. The summed E-state index contributed by atoms with van der Waals surface area (Å²) in [6, 6.07) is 13.5. The number of hydrogen-bond donors (Lipinski definition) is 0. The van der Waals surface area contributed by atoms with E-state index in [1.807, 2.05) is 30.3 Å². The van der Waals surface area contributed by atoms with E-state index in [0.29, 0.717) is 11.8 Å². The van der Waals surface area contributed by atoms with Gasteiger partial charge in [0.05, 0.1) is 16.2 Å². The summed E-state index contributed by atoms with van der Waals surface area (Å²) in [5, 5.41) is -0.631. The molecule has 0 saturated carbocycles. The number of benzene rings is 2. The number of hydrogen-bond acceptors (Lipinski definition) is 3. The molecule has 1 saturated heterocycles. The van der Waals surface area contributed by atoms with Crippen molar-refractivity contribution >= 4 is 34.7 Å². The Morgan fingerprint density at radius 2 is 1.69 bits per heavy atom. The van der Waals surface area contributed by atoms with Crippen molar-refractivity contribution in [1.82, 2.24) is 0 Å². The van der Waals surface area contributed by atoms with Crippen molar-refractivity contribution in [3.63, 3.8) is 0 Å². The molecule has 132 valence electrons. The Balaban J connectivity index is 1.83. The molecule has 0 spiro atoms. The Kier molecular flexibility index (Phi) is 4.99. The predicted molar refractivity (Wildman–Crippen MR) is 95.5 cm³/mol. The molecule has 2 aromatic carbocycles. The molecule has 2 aromatic rings. The summed E-state index contributed by atoms with van der Waals surface area (Å²) in [4.78, 5) is 25.4. The zero-order valence-electron chi connectivity index (χ0n) is 13.2. The second kappa shape index (κ2) is 7.21. The maximum Gasteiger partial charge on any atom is 0.416 e. The van der Waals surface area contributed by atoms with Gasteiger partial charge in [-0.1, -0.05) is 48.6 Å². The normalized spacial score (nSPS) is 16.9. The number of amides is 2. The van der Waals surface area contributed by atoms with Gasteiger partial charge in [-0.15, -0.1) is 0 Å². The third kappa shape index (κ3) is 3.88. The van der Waals surface area contributed by atoms with Gasteiger partial charge in [-0.05, 0) is 41.6 Å². The lowest BCUT2D eigenvalue weighted by atomic mass is 10.2. The molecule has 1 heterocycles. The van der Waals surface area contributed by atoms with E-state index in [2.05, 4.69) is 0 Å². The third-order valence-electron chi connectivity index (χ3n) is 3.56. The third-order valence-corrected chi connectivity index (χ3v) is 4.45. The molecule has 26 heavy (non-hydrogen) atoms. The van der Waals surface area contributed by atoms with Crippen molar-refractivity contribution < 1.29 is 22.8 Å². The maximum atomic E-state index is 12.8. The van der Waals surface area contributed by atoms with Crippen LogP contribution < -0.4 is 4.90 Å². The van der Waals surface area contributed by atoms with Crippen LogP contribution in [0.15, 0.2) is 71.7 Å². The first-order chi connectivity index (χ1) is 12.4. The molecule has 0 atom stereocenters. The van der Waals surface area contributed by atoms with Crippen LogP contribution in [0.25, 0.3) is 6.08 Å². The standard InChI is InChI=1S/C19H12F3NO2S/c20-19(21,22)14-9-5-10-15(12-14)23-17(24)16(26-18(23)25)11-4-8-13-6-2-1-3-7-13/h1-12H/b8-4+,16-11-. The number of thioether (sulfide) groups is 1. The molecule has 0 aromatic heterocycles. The zero-order chi connectivity index (χ0) is 18.7. The highest BCUT2D eigenvalue weighted by Crippen LogP contribution is 2.37. The summed E-state index contributed by atoms with van der Waals surface area (Å²) < 4.78 is 38.5. The molecule has 1 aliphatic heterocycles. The van der Waals surface area contributed by atoms with Crippen LogP contribution in [0.5, 0.6) is 0 Å². The molecule has 1 fully saturated rings. The van der Waals surface area contributed by atoms with Gasteiger partial charge in [-0.25, -0.2) is 4.90 Å². The molecule has 0 aliphatic carbocycles. The Morgan fingerprint density at radius 1 is 0.962 bits per heavy atom. The van der Waals surface area contributed by atoms with E-state index in [4.69, 9.17) is 0 Å². The summed E-state index contributed by atoms with van der Waals surface area (Å²) in [5.74, 6) is -0.642. The predicted octanol–water partition coefficient (Wildman–Crippen LogP) is 5.50. The van der Waals surface area contributed by atoms with Crippen LogP contribution in [0.3, 0.4) is 0 Å². The van der Waals surface area contributed by atoms with E-state index in [9.17, 15) is 22.8 Å². The molecule has 0 unspecified atom stereocenters. The van der Waals surface area contributed by atoms with Crippen molar-refractivity contribution in [3.8, 4) is 0 Å². The van der Waals surface area contributed by atoms with Crippen LogP contribution in [0.1, 0.15) is 11.1 Å². The van der Waals surface area contributed by atoms with Crippen LogP contribution in [-0.4, -0.2) is 11.1 Å². The first kappa shape index (κ1) is 18.0. The van der Waals surface area contributed by atoms with Crippen LogP contribution in [0.4, 0.5) is 23.7 Å². The van der Waals surface area contributed by atoms with Gasteiger partial charge >= 0.3 is 6.18 Å². The summed E-state index contributed by atoms with van der Waals surface area (Å²) in [6.45, 7) is 0. The van der Waals surface area contributed by atoms with Gasteiger partial charge in [0.25, 0.3) is 11.1 Å². The summed E-state index contributed by atoms with van der Waals surface area (Å²) in [6.07, 6.45) is 0.314. The largest absolute Gasteiger partial charge is 0.416 e. The van der Waals surface area contributed by atoms with Gasteiger partial charge in [0, 0.05) is 0 Å². The van der Waals surface area contributed by atoms with Crippen LogP contribution in [0, 0.1) is 0 Å². The summed E-state index contributed by atoms with van der Waals surface area (Å²) in [5.41, 5.74) is -0.0966. The molecule has 0 radical (unpaired) electrons. The fourth-order valence-electron chi connectivity index (χ4n) is 2.34. The highest BCUT2D eigenvalue weighted by molar-refractivity contribution is 8.18. The first-order valence-electron chi connectivity index (χ1n) is 7.53. The van der Waals surface area contributed by atoms with Crippen molar-refractivity contribution in [2.24, 2.45) is 0 Å². The lowest BCUT2D eigenvalue weighted by molar-refractivity contribution is -0.137. The topological polar surface area (TPSA) is 37.4 Å². The number of rotatable bonds is 3. The molecular formula is C19H12F3NO2S. The summed E-state index contributed by atoms with van der Waals surface area (Å²) in [7, 11) is 0. The van der Waals surface area contributed by atoms with Gasteiger partial charge in [-0.2, -0.15) is 13.2 Å². The average Bonchev–Trinajstić information content (AvgIpc) is 2.89. The van der Waals surface area contributed by atoms with Crippen molar-refractivity contribution in [2.75, 3.05) is 4.90 Å². The van der Waals surface area contributed by atoms with E-state index in [-0.39, 0.29) is 10.6 Å². The number of alkyl halides is 3. The van der Waals surface area contributed by atoms with Crippen molar-refractivity contribution in [2.45, 2.75) is 6.18 Å². The van der Waals surface area contributed by atoms with E-state index in [1.165, 1.54) is 18.2 Å². The molecule has 1 aliphatic rings. The minimum atomic E-state index is -4.55. The quantitative estimate of drug-likeness (QED) is 0.665. The Morgan fingerprint density at radius 3 is 2.38 bits per heavy atom. The fraction of sp³-hybridized carbons (Fsp3) is 0.0526. The minimum absolute atomic E-state index is 0.0993. The Bertz CT molecular complexity index is 905. The second-order valence-electron chi connectivity index (χ2n) is 5.36. The van der Waals surface area contributed by atoms with Crippen LogP contribution in [-0.2, 0) is 11.0 Å². The highest BCUT2D eigenvalue weighted by Gasteiger charge is 2.37. The summed E-state index contributed by atoms with van der Waals surface area (Å²) >= 11 is 0.691. The van der Waals surface area contributed by atoms with Gasteiger partial charge < -0.3 is 0 Å². The Labute approximate surface area is 151 Å². The number of anilines is 1. The van der Waals surface area contributed by atoms with Gasteiger partial charge in [0.15, 0.2) is 0 Å². The highest BCUT2D eigenvalue weighted by atomic mass is 32.2. The van der Waals surface area contributed by atoms with Crippen LogP contribution in [0.2, 0.25) is 0 Å². The average molecular weight is 375 g/mol. The zero-order valence-corrected chi connectivity index (χ0v) is 14.1. The molecule has 3 nitrogen and oxygen atoms in total. The SMILES string of the molecule is O=C1S/C(=C\C=C\c2ccccc2)C(=O)N1c1cccc(C(F)(F)F)c1. The van der Waals surface area contributed by atoms with E-state index < -0.39 is 22.9 Å². The molecule has 0 N–H and O–H groups in total. The van der Waals surface area contributed by atoms with Gasteiger partial charge in [0.2, 0.25) is 0 Å². The number of imide groups is 1.